The lowest BCUT2D eigenvalue weighted by molar-refractivity contribution is -0.127. The van der Waals surface area contributed by atoms with Crippen molar-refractivity contribution in [2.24, 2.45) is 0 Å². The summed E-state index contributed by atoms with van der Waals surface area (Å²) in [6.45, 7) is 3.88. The van der Waals surface area contributed by atoms with Crippen molar-refractivity contribution >= 4 is 23.3 Å². The third-order valence-electron chi connectivity index (χ3n) is 2.85. The molecule has 1 amide bonds. The number of carbonyl (C=O) groups excluding carboxylic acids is 1. The third kappa shape index (κ3) is 3.23. The number of likely N-dealkylation sites (N-methyl/N-ethyl adjacent to an activating group) is 1. The SMILES string of the molecule is CCN(C(=O)C(C)OC)c1ccc(C(=O)O)cc1N. The van der Waals surface area contributed by atoms with Crippen molar-refractivity contribution in [2.45, 2.75) is 20.0 Å². The summed E-state index contributed by atoms with van der Waals surface area (Å²) in [5.74, 6) is -1.28. The maximum atomic E-state index is 12.1. The van der Waals surface area contributed by atoms with Gasteiger partial charge in [0, 0.05) is 13.7 Å². The number of ether oxygens (including phenoxy) is 1. The smallest absolute Gasteiger partial charge is 0.335 e. The molecule has 0 fully saturated rings. The number of amides is 1. The molecule has 6 heteroatoms. The summed E-state index contributed by atoms with van der Waals surface area (Å²) in [5.41, 5.74) is 6.64. The minimum Gasteiger partial charge on any atom is -0.478 e. The Morgan fingerprint density at radius 2 is 2.11 bits per heavy atom. The monoisotopic (exact) mass is 266 g/mol. The van der Waals surface area contributed by atoms with Crippen molar-refractivity contribution in [1.82, 2.24) is 0 Å². The van der Waals surface area contributed by atoms with E-state index >= 15 is 0 Å². The second-order valence-corrected chi connectivity index (χ2v) is 4.04. The molecular weight excluding hydrogens is 248 g/mol. The first-order chi connectivity index (χ1) is 8.92. The average Bonchev–Trinajstić information content (AvgIpc) is 2.39. The van der Waals surface area contributed by atoms with Crippen LogP contribution < -0.4 is 10.6 Å². The molecule has 0 aromatic heterocycles. The van der Waals surface area contributed by atoms with Crippen LogP contribution in [0.5, 0.6) is 0 Å². The molecular formula is C13H18N2O4. The molecule has 0 saturated carbocycles. The number of nitrogens with two attached hydrogens (primary N) is 1. The van der Waals surface area contributed by atoms with Crippen LogP contribution in [0.3, 0.4) is 0 Å². The minimum atomic E-state index is -1.06. The van der Waals surface area contributed by atoms with E-state index in [0.717, 1.165) is 0 Å². The van der Waals surface area contributed by atoms with Gasteiger partial charge < -0.3 is 20.5 Å². The predicted octanol–water partition coefficient (Wildman–Crippen LogP) is 1.35. The Balaban J connectivity index is 3.12. The maximum absolute atomic E-state index is 12.1. The maximum Gasteiger partial charge on any atom is 0.335 e. The molecule has 0 aliphatic heterocycles. The van der Waals surface area contributed by atoms with Crippen LogP contribution in [0.15, 0.2) is 18.2 Å². The minimum absolute atomic E-state index is 0.0875. The summed E-state index contributed by atoms with van der Waals surface area (Å²) < 4.78 is 4.99. The second-order valence-electron chi connectivity index (χ2n) is 4.04. The van der Waals surface area contributed by atoms with E-state index in [1.54, 1.807) is 6.92 Å². The highest BCUT2D eigenvalue weighted by Crippen LogP contribution is 2.25. The molecule has 0 aliphatic rings. The lowest BCUT2D eigenvalue weighted by atomic mass is 10.1. The number of hydrogen-bond donors (Lipinski definition) is 2. The van der Waals surface area contributed by atoms with E-state index in [4.69, 9.17) is 15.6 Å². The lowest BCUT2D eigenvalue weighted by Gasteiger charge is -2.25. The normalized spacial score (nSPS) is 11.9. The largest absolute Gasteiger partial charge is 0.478 e. The lowest BCUT2D eigenvalue weighted by Crippen LogP contribution is -2.39. The molecule has 6 nitrogen and oxygen atoms in total. The van der Waals surface area contributed by atoms with Gasteiger partial charge >= 0.3 is 5.97 Å². The summed E-state index contributed by atoms with van der Waals surface area (Å²) in [5, 5.41) is 8.88. The molecule has 1 aromatic carbocycles. The molecule has 1 atom stereocenters. The zero-order valence-corrected chi connectivity index (χ0v) is 11.2. The van der Waals surface area contributed by atoms with Crippen molar-refractivity contribution in [1.29, 1.82) is 0 Å². The Morgan fingerprint density at radius 3 is 2.53 bits per heavy atom. The fourth-order valence-corrected chi connectivity index (χ4v) is 1.70. The number of benzene rings is 1. The van der Waals surface area contributed by atoms with Gasteiger partial charge in [-0.25, -0.2) is 4.79 Å². The predicted molar refractivity (Wildman–Crippen MR) is 72.3 cm³/mol. The molecule has 1 unspecified atom stereocenters. The van der Waals surface area contributed by atoms with Crippen LogP contribution in [0, 0.1) is 0 Å². The summed E-state index contributed by atoms with van der Waals surface area (Å²) in [4.78, 5) is 24.4. The van der Waals surface area contributed by atoms with Crippen molar-refractivity contribution < 1.29 is 19.4 Å². The van der Waals surface area contributed by atoms with Gasteiger partial charge in [-0.05, 0) is 32.0 Å². The number of nitrogens with zero attached hydrogens (tertiary/aromatic N) is 1. The highest BCUT2D eigenvalue weighted by atomic mass is 16.5. The van der Waals surface area contributed by atoms with Crippen LogP contribution in [0.25, 0.3) is 0 Å². The van der Waals surface area contributed by atoms with Gasteiger partial charge in [0.2, 0.25) is 0 Å². The molecule has 0 saturated heterocycles. The van der Waals surface area contributed by atoms with E-state index in [9.17, 15) is 9.59 Å². The van der Waals surface area contributed by atoms with Crippen LogP contribution >= 0.6 is 0 Å². The van der Waals surface area contributed by atoms with Gasteiger partial charge in [-0.2, -0.15) is 0 Å². The number of methoxy groups -OCH3 is 1. The van der Waals surface area contributed by atoms with E-state index in [1.807, 2.05) is 6.92 Å². The molecule has 0 aliphatic carbocycles. The number of nitrogen functional groups attached to an aromatic ring is 1. The number of carboxylic acids is 1. The fourth-order valence-electron chi connectivity index (χ4n) is 1.70. The van der Waals surface area contributed by atoms with Crippen LogP contribution in [-0.2, 0) is 9.53 Å². The van der Waals surface area contributed by atoms with Gasteiger partial charge in [-0.15, -0.1) is 0 Å². The Labute approximate surface area is 111 Å². The molecule has 0 bridgehead atoms. The second kappa shape index (κ2) is 6.19. The number of anilines is 2. The standard InChI is InChI=1S/C13H18N2O4/c1-4-15(12(16)8(2)19-3)11-6-5-9(13(17)18)7-10(11)14/h5-8H,4,14H2,1-3H3,(H,17,18). The zero-order valence-electron chi connectivity index (χ0n) is 11.2. The quantitative estimate of drug-likeness (QED) is 0.785. The fraction of sp³-hybridized carbons (Fsp3) is 0.385. The Bertz CT molecular complexity index is 488. The molecule has 1 rings (SSSR count). The van der Waals surface area contributed by atoms with Crippen LogP contribution in [0.2, 0.25) is 0 Å². The van der Waals surface area contributed by atoms with Crippen molar-refractivity contribution in [3.63, 3.8) is 0 Å². The number of aromatic carboxylic acids is 1. The Hall–Kier alpha value is -2.08. The third-order valence-corrected chi connectivity index (χ3v) is 2.85. The average molecular weight is 266 g/mol. The van der Waals surface area contributed by atoms with Gasteiger partial charge in [0.25, 0.3) is 5.91 Å². The number of carboxylic acid groups (broad SMARTS) is 1. The van der Waals surface area contributed by atoms with E-state index < -0.39 is 12.1 Å². The molecule has 1 aromatic rings. The van der Waals surface area contributed by atoms with Crippen LogP contribution in [0.1, 0.15) is 24.2 Å². The van der Waals surface area contributed by atoms with Gasteiger partial charge in [0.15, 0.2) is 0 Å². The zero-order chi connectivity index (χ0) is 14.6. The Kier molecular flexibility index (Phi) is 4.88. The van der Waals surface area contributed by atoms with Crippen molar-refractivity contribution in [3.8, 4) is 0 Å². The highest BCUT2D eigenvalue weighted by molar-refractivity contribution is 6.00. The van der Waals surface area contributed by atoms with Gasteiger partial charge in [-0.1, -0.05) is 0 Å². The summed E-state index contributed by atoms with van der Waals surface area (Å²) in [6, 6.07) is 4.29. The first-order valence-corrected chi connectivity index (χ1v) is 5.89. The summed E-state index contributed by atoms with van der Waals surface area (Å²) in [7, 11) is 1.45. The molecule has 104 valence electrons. The van der Waals surface area contributed by atoms with E-state index in [1.165, 1.54) is 30.2 Å². The Morgan fingerprint density at radius 1 is 1.47 bits per heavy atom. The van der Waals surface area contributed by atoms with E-state index in [0.29, 0.717) is 12.2 Å². The topological polar surface area (TPSA) is 92.9 Å². The molecule has 3 N–H and O–H groups in total. The number of hydrogen-bond acceptors (Lipinski definition) is 4. The first-order valence-electron chi connectivity index (χ1n) is 5.89. The highest BCUT2D eigenvalue weighted by Gasteiger charge is 2.22. The first kappa shape index (κ1) is 15.0. The van der Waals surface area contributed by atoms with Crippen molar-refractivity contribution in [2.75, 3.05) is 24.3 Å². The summed E-state index contributed by atoms with van der Waals surface area (Å²) >= 11 is 0. The van der Waals surface area contributed by atoms with Gasteiger partial charge in [-0.3, -0.25) is 4.79 Å². The summed E-state index contributed by atoms with van der Waals surface area (Å²) in [6.07, 6.45) is -0.585. The molecule has 0 radical (unpaired) electrons. The van der Waals surface area contributed by atoms with Crippen molar-refractivity contribution in [3.05, 3.63) is 23.8 Å². The number of rotatable bonds is 5. The number of carbonyl (C=O) groups is 2. The molecule has 19 heavy (non-hydrogen) atoms. The molecule has 0 heterocycles. The van der Waals surface area contributed by atoms with E-state index in [-0.39, 0.29) is 17.2 Å². The van der Waals surface area contributed by atoms with Gasteiger partial charge in [0.1, 0.15) is 6.10 Å². The van der Waals surface area contributed by atoms with Crippen LogP contribution in [-0.4, -0.2) is 36.7 Å². The van der Waals surface area contributed by atoms with E-state index in [2.05, 4.69) is 0 Å². The van der Waals surface area contributed by atoms with Gasteiger partial charge in [0.05, 0.1) is 16.9 Å². The van der Waals surface area contributed by atoms with Crippen LogP contribution in [0.4, 0.5) is 11.4 Å². The molecule has 0 spiro atoms.